The van der Waals surface area contributed by atoms with Crippen LogP contribution in [0, 0.1) is 5.82 Å². The van der Waals surface area contributed by atoms with Gasteiger partial charge in [0.2, 0.25) is 5.91 Å². The van der Waals surface area contributed by atoms with Gasteiger partial charge >= 0.3 is 0 Å². The standard InChI is InChI=1S/C15H20FN3O2.ClH/c1-10(20)18-11-5-6-14(16)13(8-11)15(21)19-7-3-4-12(9-19)17-2;/h5-6,8,12,17H,3-4,7,9H2,1-2H3,(H,18,20);1H. The second-order valence-corrected chi connectivity index (χ2v) is 5.25. The predicted octanol–water partition coefficient (Wildman–Crippen LogP) is 2.03. The van der Waals surface area contributed by atoms with Gasteiger partial charge in [-0.1, -0.05) is 0 Å². The Hall–Kier alpha value is -1.66. The van der Waals surface area contributed by atoms with Crippen molar-refractivity contribution in [1.82, 2.24) is 10.2 Å². The van der Waals surface area contributed by atoms with Crippen LogP contribution in [0.1, 0.15) is 30.1 Å². The third-order valence-corrected chi connectivity index (χ3v) is 3.63. The second kappa shape index (κ2) is 8.10. The molecule has 1 aromatic carbocycles. The Kier molecular flexibility index (Phi) is 6.77. The average molecular weight is 330 g/mol. The van der Waals surface area contributed by atoms with Crippen LogP contribution in [-0.2, 0) is 4.79 Å². The van der Waals surface area contributed by atoms with Gasteiger partial charge in [0.15, 0.2) is 0 Å². The number of carbonyl (C=O) groups excluding carboxylic acids is 2. The molecule has 122 valence electrons. The summed E-state index contributed by atoms with van der Waals surface area (Å²) in [4.78, 5) is 25.2. The number of hydrogen-bond acceptors (Lipinski definition) is 3. The van der Waals surface area contributed by atoms with E-state index in [1.165, 1.54) is 25.1 Å². The highest BCUT2D eigenvalue weighted by Gasteiger charge is 2.25. The molecule has 2 amide bonds. The molecule has 1 heterocycles. The fourth-order valence-electron chi connectivity index (χ4n) is 2.54. The predicted molar refractivity (Wildman–Crippen MR) is 85.9 cm³/mol. The van der Waals surface area contributed by atoms with Crippen LogP contribution in [0.25, 0.3) is 0 Å². The van der Waals surface area contributed by atoms with E-state index in [0.29, 0.717) is 18.8 Å². The Morgan fingerprint density at radius 1 is 1.36 bits per heavy atom. The van der Waals surface area contributed by atoms with Crippen molar-refractivity contribution in [1.29, 1.82) is 0 Å². The van der Waals surface area contributed by atoms with Gasteiger partial charge in [0.25, 0.3) is 5.91 Å². The number of carbonyl (C=O) groups is 2. The van der Waals surface area contributed by atoms with Crippen LogP contribution in [0.15, 0.2) is 18.2 Å². The number of piperidine rings is 1. The summed E-state index contributed by atoms with van der Waals surface area (Å²) in [5.74, 6) is -1.16. The fourth-order valence-corrected chi connectivity index (χ4v) is 2.54. The number of likely N-dealkylation sites (N-methyl/N-ethyl adjacent to an activating group) is 1. The molecular formula is C15H21ClFN3O2. The van der Waals surface area contributed by atoms with Gasteiger partial charge in [0.05, 0.1) is 5.56 Å². The van der Waals surface area contributed by atoms with E-state index in [1.54, 1.807) is 4.90 Å². The van der Waals surface area contributed by atoms with Crippen LogP contribution in [0.3, 0.4) is 0 Å². The van der Waals surface area contributed by atoms with Crippen LogP contribution < -0.4 is 10.6 Å². The van der Waals surface area contributed by atoms with Crippen LogP contribution in [0.4, 0.5) is 10.1 Å². The Morgan fingerprint density at radius 3 is 2.73 bits per heavy atom. The molecule has 0 bridgehead atoms. The molecule has 0 saturated carbocycles. The van der Waals surface area contributed by atoms with Crippen molar-refractivity contribution in [3.63, 3.8) is 0 Å². The lowest BCUT2D eigenvalue weighted by atomic mass is 10.0. The van der Waals surface area contributed by atoms with E-state index in [4.69, 9.17) is 0 Å². The van der Waals surface area contributed by atoms with Crippen molar-refractivity contribution in [3.8, 4) is 0 Å². The molecule has 1 aliphatic rings. The molecule has 1 fully saturated rings. The molecule has 1 saturated heterocycles. The minimum atomic E-state index is -0.569. The number of amides is 2. The first-order valence-corrected chi connectivity index (χ1v) is 7.05. The van der Waals surface area contributed by atoms with Gasteiger partial charge in [-0.2, -0.15) is 0 Å². The Bertz CT molecular complexity index is 554. The molecule has 7 heteroatoms. The monoisotopic (exact) mass is 329 g/mol. The Morgan fingerprint density at radius 2 is 2.09 bits per heavy atom. The lowest BCUT2D eigenvalue weighted by molar-refractivity contribution is -0.114. The molecule has 22 heavy (non-hydrogen) atoms. The summed E-state index contributed by atoms with van der Waals surface area (Å²) in [6.45, 7) is 2.56. The van der Waals surface area contributed by atoms with Gasteiger partial charge in [0.1, 0.15) is 5.82 Å². The third kappa shape index (κ3) is 4.42. The first-order chi connectivity index (χ1) is 10.0. The number of hydrogen-bond donors (Lipinski definition) is 2. The highest BCUT2D eigenvalue weighted by Crippen LogP contribution is 2.19. The first kappa shape index (κ1) is 18.4. The molecular weight excluding hydrogens is 309 g/mol. The minimum absolute atomic E-state index is 0. The van der Waals surface area contributed by atoms with E-state index in [1.807, 2.05) is 7.05 Å². The highest BCUT2D eigenvalue weighted by molar-refractivity contribution is 5.97. The van der Waals surface area contributed by atoms with Crippen molar-refractivity contribution < 1.29 is 14.0 Å². The number of nitrogens with one attached hydrogen (secondary N) is 2. The largest absolute Gasteiger partial charge is 0.337 e. The zero-order chi connectivity index (χ0) is 15.4. The van der Waals surface area contributed by atoms with Gasteiger partial charge < -0.3 is 15.5 Å². The second-order valence-electron chi connectivity index (χ2n) is 5.25. The molecule has 0 aliphatic carbocycles. The van der Waals surface area contributed by atoms with Crippen molar-refractivity contribution in [2.75, 3.05) is 25.5 Å². The van der Waals surface area contributed by atoms with E-state index in [2.05, 4.69) is 10.6 Å². The van der Waals surface area contributed by atoms with E-state index in [0.717, 1.165) is 12.8 Å². The molecule has 5 nitrogen and oxygen atoms in total. The highest BCUT2D eigenvalue weighted by atomic mass is 35.5. The molecule has 0 aromatic heterocycles. The number of halogens is 2. The van der Waals surface area contributed by atoms with Gasteiger partial charge in [0, 0.05) is 31.7 Å². The first-order valence-electron chi connectivity index (χ1n) is 7.05. The number of rotatable bonds is 3. The summed E-state index contributed by atoms with van der Waals surface area (Å²) in [7, 11) is 1.86. The summed E-state index contributed by atoms with van der Waals surface area (Å²) < 4.78 is 13.9. The third-order valence-electron chi connectivity index (χ3n) is 3.63. The van der Waals surface area contributed by atoms with E-state index >= 15 is 0 Å². The molecule has 1 aliphatic heterocycles. The molecule has 0 radical (unpaired) electrons. The topological polar surface area (TPSA) is 61.4 Å². The van der Waals surface area contributed by atoms with Crippen LogP contribution >= 0.6 is 12.4 Å². The van der Waals surface area contributed by atoms with Crippen molar-refractivity contribution in [3.05, 3.63) is 29.6 Å². The zero-order valence-corrected chi connectivity index (χ0v) is 13.5. The molecule has 2 N–H and O–H groups in total. The zero-order valence-electron chi connectivity index (χ0n) is 12.7. The van der Waals surface area contributed by atoms with E-state index in [-0.39, 0.29) is 35.8 Å². The normalized spacial score (nSPS) is 17.6. The smallest absolute Gasteiger partial charge is 0.256 e. The van der Waals surface area contributed by atoms with Gasteiger partial charge in [-0.05, 0) is 38.1 Å². The van der Waals surface area contributed by atoms with E-state index < -0.39 is 5.82 Å². The van der Waals surface area contributed by atoms with Gasteiger partial charge in [-0.3, -0.25) is 9.59 Å². The van der Waals surface area contributed by atoms with Crippen LogP contribution in [-0.4, -0.2) is 42.9 Å². The number of anilines is 1. The summed E-state index contributed by atoms with van der Waals surface area (Å²) >= 11 is 0. The van der Waals surface area contributed by atoms with Crippen molar-refractivity contribution in [2.45, 2.75) is 25.8 Å². The maximum atomic E-state index is 13.9. The Labute approximate surface area is 135 Å². The Balaban J connectivity index is 0.00000242. The molecule has 1 unspecified atom stereocenters. The van der Waals surface area contributed by atoms with Crippen LogP contribution in [0.5, 0.6) is 0 Å². The van der Waals surface area contributed by atoms with Crippen molar-refractivity contribution in [2.24, 2.45) is 0 Å². The lowest BCUT2D eigenvalue weighted by Crippen LogP contribution is -2.47. The van der Waals surface area contributed by atoms with Gasteiger partial charge in [-0.25, -0.2) is 4.39 Å². The maximum Gasteiger partial charge on any atom is 0.256 e. The fraction of sp³-hybridized carbons (Fsp3) is 0.467. The maximum absolute atomic E-state index is 13.9. The van der Waals surface area contributed by atoms with E-state index in [9.17, 15) is 14.0 Å². The number of benzene rings is 1. The summed E-state index contributed by atoms with van der Waals surface area (Å²) in [6, 6.07) is 4.28. The molecule has 1 aromatic rings. The SMILES string of the molecule is CNC1CCCN(C(=O)c2cc(NC(C)=O)ccc2F)C1.Cl. The molecule has 1 atom stereocenters. The molecule has 0 spiro atoms. The quantitative estimate of drug-likeness (QED) is 0.892. The summed E-state index contributed by atoms with van der Waals surface area (Å²) in [5, 5.41) is 5.71. The lowest BCUT2D eigenvalue weighted by Gasteiger charge is -2.32. The number of nitrogens with zero attached hydrogens (tertiary/aromatic N) is 1. The molecule has 2 rings (SSSR count). The number of likely N-dealkylation sites (tertiary alicyclic amines) is 1. The van der Waals surface area contributed by atoms with Crippen LogP contribution in [0.2, 0.25) is 0 Å². The minimum Gasteiger partial charge on any atom is -0.337 e. The van der Waals surface area contributed by atoms with Gasteiger partial charge in [-0.15, -0.1) is 12.4 Å². The summed E-state index contributed by atoms with van der Waals surface area (Å²) in [5.41, 5.74) is 0.424. The average Bonchev–Trinajstić information content (AvgIpc) is 2.48. The summed E-state index contributed by atoms with van der Waals surface area (Å²) in [6.07, 6.45) is 1.90. The van der Waals surface area contributed by atoms with Crippen molar-refractivity contribution >= 4 is 29.9 Å².